The van der Waals surface area contributed by atoms with Crippen molar-refractivity contribution in [1.82, 2.24) is 0 Å². The fourth-order valence-corrected chi connectivity index (χ4v) is 12.7. The van der Waals surface area contributed by atoms with Gasteiger partial charge in [0, 0.05) is 74.5 Å². The van der Waals surface area contributed by atoms with Crippen LogP contribution in [0.2, 0.25) is 0 Å². The van der Waals surface area contributed by atoms with Crippen molar-refractivity contribution >= 4 is 119 Å². The molecule has 2 aromatic heterocycles. The minimum absolute atomic E-state index is 1.17. The number of fused-ring (bicyclic) bond motifs is 11. The van der Waals surface area contributed by atoms with Crippen molar-refractivity contribution in [2.45, 2.75) is 55.4 Å². The van der Waals surface area contributed by atoms with Crippen molar-refractivity contribution in [1.29, 1.82) is 0 Å². The Morgan fingerprint density at radius 1 is 0.274 bits per heavy atom. The summed E-state index contributed by atoms with van der Waals surface area (Å²) in [4.78, 5) is 4.85. The molecule has 0 saturated heterocycles. The fraction of sp³-hybridized carbons (Fsp3) is 0.138. The Kier molecular flexibility index (Phi) is 9.05. The molecule has 11 aromatic rings. The molecular weight excluding hydrogens is 789 g/mol. The largest absolute Gasteiger partial charge is 0.310 e. The zero-order valence-corrected chi connectivity index (χ0v) is 38.2. The summed E-state index contributed by atoms with van der Waals surface area (Å²) >= 11 is 3.85. The van der Waals surface area contributed by atoms with E-state index in [1.54, 1.807) is 0 Å². The molecule has 2 heterocycles. The van der Waals surface area contributed by atoms with Crippen LogP contribution < -0.4 is 9.80 Å². The van der Waals surface area contributed by atoms with E-state index < -0.39 is 0 Å². The van der Waals surface area contributed by atoms with Crippen LogP contribution in [0.5, 0.6) is 0 Å². The van der Waals surface area contributed by atoms with E-state index in [-0.39, 0.29) is 0 Å². The second-order valence-corrected chi connectivity index (χ2v) is 19.9. The standard InChI is InChI=1S/C58H48N2S2/c1-33-19-34(2)24-45(23-33)59(46-25-35(3)20-36(4)26-46)43-11-15-49-41(31-43)9-13-51-55-53(61-57(49)51)17-18-54-56(55)52-14-10-42-32-44(12-16-50(42)58(52)62-54)60(47-27-37(5)21-38(6)28-47)48-29-39(7)22-40(8)30-48/h9-32H,1-8H3. The maximum atomic E-state index is 2.42. The van der Waals surface area contributed by atoms with Crippen molar-refractivity contribution in [3.05, 3.63) is 190 Å². The second kappa shape index (κ2) is 14.6. The summed E-state index contributed by atoms with van der Waals surface area (Å²) in [6, 6.07) is 55.7. The molecule has 0 unspecified atom stereocenters. The zero-order chi connectivity index (χ0) is 42.6. The van der Waals surface area contributed by atoms with Gasteiger partial charge < -0.3 is 9.80 Å². The number of thiophene rings is 2. The fourth-order valence-electron chi connectivity index (χ4n) is 10.2. The maximum Gasteiger partial charge on any atom is 0.0468 e. The van der Waals surface area contributed by atoms with Crippen LogP contribution in [0, 0.1) is 55.4 Å². The Morgan fingerprint density at radius 2 is 0.565 bits per heavy atom. The van der Waals surface area contributed by atoms with Crippen molar-refractivity contribution < 1.29 is 0 Å². The van der Waals surface area contributed by atoms with Gasteiger partial charge in [0.15, 0.2) is 0 Å². The van der Waals surface area contributed by atoms with E-state index in [1.807, 2.05) is 22.7 Å². The zero-order valence-electron chi connectivity index (χ0n) is 36.6. The van der Waals surface area contributed by atoms with Crippen LogP contribution in [0.1, 0.15) is 44.5 Å². The van der Waals surface area contributed by atoms with E-state index in [4.69, 9.17) is 0 Å². The third kappa shape index (κ3) is 6.52. The molecule has 0 aliphatic heterocycles. The number of anilines is 6. The van der Waals surface area contributed by atoms with Gasteiger partial charge in [0.1, 0.15) is 0 Å². The van der Waals surface area contributed by atoms with E-state index in [0.717, 1.165) is 0 Å². The number of benzene rings is 9. The maximum absolute atomic E-state index is 2.42. The highest BCUT2D eigenvalue weighted by atomic mass is 32.1. The Balaban J connectivity index is 1.05. The molecule has 0 amide bonds. The molecule has 4 heteroatoms. The van der Waals surface area contributed by atoms with Crippen molar-refractivity contribution in [3.63, 3.8) is 0 Å². The number of rotatable bonds is 6. The molecule has 11 rings (SSSR count). The van der Waals surface area contributed by atoms with Gasteiger partial charge >= 0.3 is 0 Å². The van der Waals surface area contributed by atoms with Crippen LogP contribution >= 0.6 is 22.7 Å². The van der Waals surface area contributed by atoms with E-state index in [0.29, 0.717) is 0 Å². The van der Waals surface area contributed by atoms with Crippen molar-refractivity contribution in [2.75, 3.05) is 9.80 Å². The molecule has 302 valence electrons. The molecule has 0 radical (unpaired) electrons. The van der Waals surface area contributed by atoms with Crippen molar-refractivity contribution in [3.8, 4) is 0 Å². The first-order chi connectivity index (χ1) is 29.9. The number of hydrogen-bond donors (Lipinski definition) is 0. The second-order valence-electron chi connectivity index (χ2n) is 17.8. The molecule has 0 aliphatic rings. The normalized spacial score (nSPS) is 11.9. The van der Waals surface area contributed by atoms with Gasteiger partial charge in [0.2, 0.25) is 0 Å². The van der Waals surface area contributed by atoms with Crippen LogP contribution in [-0.2, 0) is 0 Å². The van der Waals surface area contributed by atoms with Crippen LogP contribution in [-0.4, -0.2) is 0 Å². The van der Waals surface area contributed by atoms with Gasteiger partial charge in [0.05, 0.1) is 0 Å². The quantitative estimate of drug-likeness (QED) is 0.165. The lowest BCUT2D eigenvalue weighted by molar-refractivity contribution is 1.24. The molecule has 0 aliphatic carbocycles. The van der Waals surface area contributed by atoms with Crippen LogP contribution in [0.25, 0.3) is 61.9 Å². The third-order valence-electron chi connectivity index (χ3n) is 12.4. The highest BCUT2D eigenvalue weighted by Gasteiger charge is 2.21. The summed E-state index contributed by atoms with van der Waals surface area (Å²) in [5, 5.41) is 10.5. The van der Waals surface area contributed by atoms with Crippen LogP contribution in [0.4, 0.5) is 34.1 Å². The van der Waals surface area contributed by atoms with Gasteiger partial charge in [-0.2, -0.15) is 0 Å². The Hall–Kier alpha value is -6.46. The monoisotopic (exact) mass is 836 g/mol. The summed E-state index contributed by atoms with van der Waals surface area (Å²) in [5.41, 5.74) is 17.2. The van der Waals surface area contributed by atoms with Gasteiger partial charge in [0.25, 0.3) is 0 Å². The molecule has 0 fully saturated rings. The highest BCUT2D eigenvalue weighted by molar-refractivity contribution is 7.29. The molecule has 62 heavy (non-hydrogen) atoms. The van der Waals surface area contributed by atoms with Gasteiger partial charge in [-0.05, 0) is 206 Å². The molecule has 0 spiro atoms. The lowest BCUT2D eigenvalue weighted by Crippen LogP contribution is -2.11. The summed E-state index contributed by atoms with van der Waals surface area (Å²) in [6.45, 7) is 17.5. The van der Waals surface area contributed by atoms with Crippen molar-refractivity contribution in [2.24, 2.45) is 0 Å². The first-order valence-electron chi connectivity index (χ1n) is 21.5. The lowest BCUT2D eigenvalue weighted by Gasteiger charge is -2.27. The summed E-state index contributed by atoms with van der Waals surface area (Å²) in [5.74, 6) is 0. The molecule has 2 nitrogen and oxygen atoms in total. The molecule has 0 bridgehead atoms. The molecular formula is C58H48N2S2. The molecule has 0 saturated carbocycles. The average molecular weight is 837 g/mol. The number of aryl methyl sites for hydroxylation is 8. The summed E-state index contributed by atoms with van der Waals surface area (Å²) in [6.07, 6.45) is 0. The molecule has 9 aromatic carbocycles. The van der Waals surface area contributed by atoms with Gasteiger partial charge in [-0.25, -0.2) is 0 Å². The Morgan fingerprint density at radius 3 is 0.871 bits per heavy atom. The molecule has 0 N–H and O–H groups in total. The average Bonchev–Trinajstić information content (AvgIpc) is 3.78. The minimum atomic E-state index is 1.17. The van der Waals surface area contributed by atoms with Crippen LogP contribution in [0.3, 0.4) is 0 Å². The predicted molar refractivity (Wildman–Crippen MR) is 274 cm³/mol. The van der Waals surface area contributed by atoms with E-state index in [9.17, 15) is 0 Å². The smallest absolute Gasteiger partial charge is 0.0468 e. The van der Waals surface area contributed by atoms with E-state index in [1.165, 1.54) is 141 Å². The first-order valence-corrected chi connectivity index (χ1v) is 23.2. The minimum Gasteiger partial charge on any atom is -0.310 e. The van der Waals surface area contributed by atoms with E-state index >= 15 is 0 Å². The topological polar surface area (TPSA) is 6.48 Å². The third-order valence-corrected chi connectivity index (χ3v) is 14.8. The predicted octanol–water partition coefficient (Wildman–Crippen LogP) is 18.1. The summed E-state index contributed by atoms with van der Waals surface area (Å²) in [7, 11) is 0. The number of nitrogens with zero attached hydrogens (tertiary/aromatic N) is 2. The number of hydrogen-bond acceptors (Lipinski definition) is 4. The molecule has 0 atom stereocenters. The van der Waals surface area contributed by atoms with Gasteiger partial charge in [-0.3, -0.25) is 0 Å². The van der Waals surface area contributed by atoms with E-state index in [2.05, 4.69) is 211 Å². The Labute approximate surface area is 371 Å². The van der Waals surface area contributed by atoms with Gasteiger partial charge in [-0.15, -0.1) is 22.7 Å². The van der Waals surface area contributed by atoms with Crippen LogP contribution in [0.15, 0.2) is 146 Å². The van der Waals surface area contributed by atoms with Gasteiger partial charge in [-0.1, -0.05) is 60.7 Å². The SMILES string of the molecule is Cc1cc(C)cc(N(c2cc(C)cc(C)c2)c2ccc3c(ccc4c3sc3ccc5sc6c7ccc(N(c8cc(C)cc(C)c8)c8cc(C)cc(C)c8)cc7ccc6c5c34)c2)c1. The highest BCUT2D eigenvalue weighted by Crippen LogP contribution is 2.49. The Bertz CT molecular complexity index is 3220. The lowest BCUT2D eigenvalue weighted by atomic mass is 10.00. The summed E-state index contributed by atoms with van der Waals surface area (Å²) < 4.78 is 5.37. The first kappa shape index (κ1) is 38.5.